The molecule has 0 saturated heterocycles. The van der Waals surface area contributed by atoms with E-state index in [0.29, 0.717) is 6.42 Å². The number of rotatable bonds is 1. The zero-order valence-corrected chi connectivity index (χ0v) is 24.4. The average molecular weight is 530 g/mol. The van der Waals surface area contributed by atoms with Crippen LogP contribution in [0, 0.1) is 68.0 Å². The van der Waals surface area contributed by atoms with Crippen molar-refractivity contribution in [3.63, 3.8) is 0 Å². The highest BCUT2D eigenvalue weighted by atomic mass is 16.2. The van der Waals surface area contributed by atoms with Crippen molar-refractivity contribution in [2.45, 2.75) is 92.9 Å². The maximum atomic E-state index is 14.4. The van der Waals surface area contributed by atoms with Crippen LogP contribution in [0.15, 0.2) is 30.4 Å². The molecule has 0 N–H and O–H groups in total. The average Bonchev–Trinajstić information content (AvgIpc) is 3.41. The van der Waals surface area contributed by atoms with Gasteiger partial charge in [-0.05, 0) is 91.4 Å². The molecular formula is C33H43N3O3. The summed E-state index contributed by atoms with van der Waals surface area (Å²) >= 11 is 0. The quantitative estimate of drug-likeness (QED) is 0.418. The van der Waals surface area contributed by atoms with Crippen molar-refractivity contribution in [1.82, 2.24) is 9.55 Å². The standard InChI is InChI=1S/C33H43N3O3/c1-29(2)11-12-33(28(39)36-14-13-35-19-36)10-7-21-26(22(33)17-29)23(37)15-25-31(21,5)9-8-24-30(3,4)27(38)20(18-34)16-32(24,25)6/h13-15,19-22,24,26H,7-12,16-17H2,1-6H3. The second-order valence-corrected chi connectivity index (χ2v) is 15.4. The van der Waals surface area contributed by atoms with Crippen molar-refractivity contribution in [3.05, 3.63) is 30.4 Å². The van der Waals surface area contributed by atoms with Gasteiger partial charge in [0.15, 0.2) is 11.6 Å². The Bertz CT molecular complexity index is 1320. The number of fused-ring (bicyclic) bond motifs is 7. The Morgan fingerprint density at radius 2 is 1.72 bits per heavy atom. The molecule has 8 unspecified atom stereocenters. The lowest BCUT2D eigenvalue weighted by Gasteiger charge is -2.66. The van der Waals surface area contributed by atoms with Gasteiger partial charge in [-0.2, -0.15) is 5.26 Å². The van der Waals surface area contributed by atoms with E-state index in [1.54, 1.807) is 23.3 Å². The molecule has 0 aromatic carbocycles. The van der Waals surface area contributed by atoms with Crippen LogP contribution in [0.1, 0.15) is 97.7 Å². The number of Topliss-reactive ketones (excluding diaryl/α,β-unsaturated/α-hetero) is 1. The van der Waals surface area contributed by atoms with Gasteiger partial charge in [0.1, 0.15) is 12.2 Å². The molecule has 4 fully saturated rings. The summed E-state index contributed by atoms with van der Waals surface area (Å²) < 4.78 is 1.65. The molecule has 0 aliphatic heterocycles. The minimum Gasteiger partial charge on any atom is -0.298 e. The van der Waals surface area contributed by atoms with E-state index in [-0.39, 0.29) is 57.4 Å². The summed E-state index contributed by atoms with van der Waals surface area (Å²) in [7, 11) is 0. The van der Waals surface area contributed by atoms with Gasteiger partial charge in [-0.25, -0.2) is 4.98 Å². The monoisotopic (exact) mass is 529 g/mol. The number of carbonyl (C=O) groups is 3. The smallest absolute Gasteiger partial charge is 0.238 e. The highest BCUT2D eigenvalue weighted by Crippen LogP contribution is 2.71. The molecule has 0 amide bonds. The number of aromatic nitrogens is 2. The first-order chi connectivity index (χ1) is 18.2. The summed E-state index contributed by atoms with van der Waals surface area (Å²) in [6.45, 7) is 13.2. The van der Waals surface area contributed by atoms with E-state index in [4.69, 9.17) is 0 Å². The lowest BCUT2D eigenvalue weighted by molar-refractivity contribution is -0.153. The van der Waals surface area contributed by atoms with Gasteiger partial charge in [0.2, 0.25) is 5.91 Å². The number of imidazole rings is 1. The lowest BCUT2D eigenvalue weighted by Crippen LogP contribution is -2.63. The van der Waals surface area contributed by atoms with E-state index in [2.05, 4.69) is 38.7 Å². The summed E-state index contributed by atoms with van der Waals surface area (Å²) in [5.41, 5.74) is -0.414. The number of nitrogens with zero attached hydrogens (tertiary/aromatic N) is 3. The third-order valence-corrected chi connectivity index (χ3v) is 12.7. The highest BCUT2D eigenvalue weighted by molar-refractivity contribution is 5.97. The molecule has 4 saturated carbocycles. The molecule has 8 atom stereocenters. The van der Waals surface area contributed by atoms with Crippen molar-refractivity contribution >= 4 is 17.5 Å². The Morgan fingerprint density at radius 1 is 0.974 bits per heavy atom. The van der Waals surface area contributed by atoms with Gasteiger partial charge in [0.05, 0.1) is 11.5 Å². The molecule has 5 aliphatic carbocycles. The molecule has 6 nitrogen and oxygen atoms in total. The first kappa shape index (κ1) is 26.7. The fraction of sp³-hybridized carbons (Fsp3) is 0.727. The fourth-order valence-electron chi connectivity index (χ4n) is 10.8. The summed E-state index contributed by atoms with van der Waals surface area (Å²) in [4.78, 5) is 45.9. The predicted octanol–water partition coefficient (Wildman–Crippen LogP) is 6.43. The molecule has 39 heavy (non-hydrogen) atoms. The van der Waals surface area contributed by atoms with E-state index in [0.717, 1.165) is 44.9 Å². The first-order valence-electron chi connectivity index (χ1n) is 14.9. The van der Waals surface area contributed by atoms with Gasteiger partial charge in [0, 0.05) is 23.7 Å². The van der Waals surface area contributed by atoms with Crippen LogP contribution in [0.5, 0.6) is 0 Å². The number of hydrogen-bond acceptors (Lipinski definition) is 5. The number of allylic oxidation sites excluding steroid dienone is 2. The van der Waals surface area contributed by atoms with Crippen molar-refractivity contribution in [2.75, 3.05) is 0 Å². The minimum absolute atomic E-state index is 0.00112. The van der Waals surface area contributed by atoms with Crippen molar-refractivity contribution in [2.24, 2.45) is 56.7 Å². The van der Waals surface area contributed by atoms with Gasteiger partial charge >= 0.3 is 0 Å². The van der Waals surface area contributed by atoms with Crippen molar-refractivity contribution < 1.29 is 14.4 Å². The molecule has 0 radical (unpaired) electrons. The van der Waals surface area contributed by atoms with E-state index in [1.807, 2.05) is 19.9 Å². The third kappa shape index (κ3) is 3.44. The Labute approximate surface area is 232 Å². The number of ketones is 2. The summed E-state index contributed by atoms with van der Waals surface area (Å²) in [5.74, 6) is -0.195. The van der Waals surface area contributed by atoms with Crippen LogP contribution in [0.3, 0.4) is 0 Å². The molecular weight excluding hydrogens is 486 g/mol. The summed E-state index contributed by atoms with van der Waals surface area (Å²) in [6.07, 6.45) is 13.7. The molecule has 1 heterocycles. The zero-order valence-electron chi connectivity index (χ0n) is 24.4. The van der Waals surface area contributed by atoms with Crippen molar-refractivity contribution in [3.8, 4) is 6.07 Å². The molecule has 0 spiro atoms. The predicted molar refractivity (Wildman–Crippen MR) is 147 cm³/mol. The van der Waals surface area contributed by atoms with Crippen LogP contribution < -0.4 is 0 Å². The lowest BCUT2D eigenvalue weighted by atomic mass is 9.37. The highest BCUT2D eigenvalue weighted by Gasteiger charge is 2.67. The Morgan fingerprint density at radius 3 is 2.38 bits per heavy atom. The van der Waals surface area contributed by atoms with E-state index in [9.17, 15) is 19.6 Å². The zero-order chi connectivity index (χ0) is 28.2. The van der Waals surface area contributed by atoms with E-state index < -0.39 is 16.7 Å². The third-order valence-electron chi connectivity index (χ3n) is 12.7. The Hall–Kier alpha value is -2.55. The summed E-state index contributed by atoms with van der Waals surface area (Å²) in [5, 5.41) is 9.94. The first-order valence-corrected chi connectivity index (χ1v) is 14.9. The Kier molecular flexibility index (Phi) is 5.63. The van der Waals surface area contributed by atoms with Gasteiger partial charge in [0.25, 0.3) is 0 Å². The van der Waals surface area contributed by atoms with Crippen LogP contribution in [0.25, 0.3) is 0 Å². The van der Waals surface area contributed by atoms with Crippen LogP contribution in [0.4, 0.5) is 0 Å². The van der Waals surface area contributed by atoms with Crippen LogP contribution in [-0.2, 0) is 9.59 Å². The molecule has 208 valence electrons. The van der Waals surface area contributed by atoms with E-state index >= 15 is 0 Å². The second kappa shape index (κ2) is 8.24. The normalized spacial score (nSPS) is 44.1. The van der Waals surface area contributed by atoms with Gasteiger partial charge < -0.3 is 0 Å². The molecule has 5 aliphatic rings. The molecule has 6 heteroatoms. The van der Waals surface area contributed by atoms with Gasteiger partial charge in [-0.15, -0.1) is 0 Å². The second-order valence-electron chi connectivity index (χ2n) is 15.4. The Balaban J connectivity index is 1.46. The van der Waals surface area contributed by atoms with Crippen LogP contribution in [-0.4, -0.2) is 27.0 Å². The molecule has 0 bridgehead atoms. The molecule has 6 rings (SSSR count). The topological polar surface area (TPSA) is 92.8 Å². The van der Waals surface area contributed by atoms with Gasteiger partial charge in [-0.3, -0.25) is 19.0 Å². The van der Waals surface area contributed by atoms with E-state index in [1.165, 1.54) is 5.57 Å². The molecule has 1 aromatic heterocycles. The van der Waals surface area contributed by atoms with Gasteiger partial charge in [-0.1, -0.05) is 47.1 Å². The van der Waals surface area contributed by atoms with Crippen LogP contribution >= 0.6 is 0 Å². The minimum atomic E-state index is -0.636. The summed E-state index contributed by atoms with van der Waals surface area (Å²) in [6, 6.07) is 2.31. The maximum Gasteiger partial charge on any atom is 0.238 e. The number of hydrogen-bond donors (Lipinski definition) is 0. The maximum absolute atomic E-state index is 14.4. The number of carbonyl (C=O) groups excluding carboxylic acids is 3. The largest absolute Gasteiger partial charge is 0.298 e. The van der Waals surface area contributed by atoms with Crippen molar-refractivity contribution in [1.29, 1.82) is 5.26 Å². The SMILES string of the molecule is CC1(C)CCC2(C(=O)n3ccnc3)CCC3C(C(=O)C=C4C3(C)CCC3C(C)(C)C(=O)C(C#N)CC43C)C2C1. The fourth-order valence-corrected chi connectivity index (χ4v) is 10.8. The van der Waals surface area contributed by atoms with Crippen LogP contribution in [0.2, 0.25) is 0 Å². The number of nitriles is 1. The molecule has 1 aromatic rings.